The largest absolute Gasteiger partial charge is 0.474 e. The summed E-state index contributed by atoms with van der Waals surface area (Å²) in [4.78, 5) is 31.5. The van der Waals surface area contributed by atoms with E-state index in [0.717, 1.165) is 0 Å². The van der Waals surface area contributed by atoms with Crippen LogP contribution in [0, 0.1) is 12.7 Å². The van der Waals surface area contributed by atoms with Gasteiger partial charge in [0.2, 0.25) is 5.88 Å². The first kappa shape index (κ1) is 28.1. The number of fused-ring (bicyclic) bond motifs is 2. The summed E-state index contributed by atoms with van der Waals surface area (Å²) < 4.78 is 34.7. The van der Waals surface area contributed by atoms with Gasteiger partial charge >= 0.3 is 6.09 Å². The molecule has 0 unspecified atom stereocenters. The summed E-state index contributed by atoms with van der Waals surface area (Å²) in [5.74, 6) is 1.12. The number of likely N-dealkylation sites (tertiary alicyclic amines) is 1. The summed E-state index contributed by atoms with van der Waals surface area (Å²) in [6, 6.07) is 10.2. The summed E-state index contributed by atoms with van der Waals surface area (Å²) in [7, 11) is 0. The maximum absolute atomic E-state index is 15.5. The number of pyridine rings is 2. The Morgan fingerprint density at radius 2 is 1.86 bits per heavy atom. The van der Waals surface area contributed by atoms with Gasteiger partial charge in [-0.25, -0.2) is 33.6 Å². The van der Waals surface area contributed by atoms with Crippen LogP contribution in [-0.2, 0) is 4.74 Å². The van der Waals surface area contributed by atoms with Gasteiger partial charge in [-0.15, -0.1) is 0 Å². The van der Waals surface area contributed by atoms with Crippen molar-refractivity contribution in [2.24, 2.45) is 0 Å². The molecule has 1 aromatic carbocycles. The van der Waals surface area contributed by atoms with Gasteiger partial charge in [-0.2, -0.15) is 5.10 Å². The standard InChI is InChI=1S/C30H31FN8O4/c1-18-23(41-20-11-14-39-24(15-20)33-17-35-39)7-5-21(26(18)31)36-28-27-22(32-16-34-28)6-8-25(37-27)42-19-9-12-38(13-10-19)29(40)43-30(2,3)4/h5-8,11,14-17,19H,9-10,12-13H2,1-4H3,(H,32,34,36). The Labute approximate surface area is 246 Å². The highest BCUT2D eigenvalue weighted by molar-refractivity contribution is 5.87. The van der Waals surface area contributed by atoms with Crippen LogP contribution in [0.25, 0.3) is 16.7 Å². The molecule has 0 saturated carbocycles. The van der Waals surface area contributed by atoms with Crippen molar-refractivity contribution in [2.45, 2.75) is 52.2 Å². The predicted octanol–water partition coefficient (Wildman–Crippen LogP) is 5.83. The number of rotatable bonds is 6. The minimum atomic E-state index is -0.542. The van der Waals surface area contributed by atoms with Crippen LogP contribution in [0.4, 0.5) is 20.7 Å². The second-order valence-electron chi connectivity index (χ2n) is 11.2. The number of carbonyl (C=O) groups excluding carboxylic acids is 1. The number of aromatic nitrogens is 6. The molecule has 5 aromatic rings. The Morgan fingerprint density at radius 1 is 1.05 bits per heavy atom. The topological polar surface area (TPSA) is 129 Å². The first-order valence-electron chi connectivity index (χ1n) is 13.9. The highest BCUT2D eigenvalue weighted by atomic mass is 19.1. The van der Waals surface area contributed by atoms with Crippen molar-refractivity contribution in [1.29, 1.82) is 0 Å². The zero-order valence-electron chi connectivity index (χ0n) is 24.2. The number of benzene rings is 1. The Balaban J connectivity index is 1.15. The van der Waals surface area contributed by atoms with E-state index in [1.807, 2.05) is 20.8 Å². The third-order valence-electron chi connectivity index (χ3n) is 6.91. The predicted molar refractivity (Wildman–Crippen MR) is 156 cm³/mol. The molecule has 4 aromatic heterocycles. The minimum Gasteiger partial charge on any atom is -0.474 e. The van der Waals surface area contributed by atoms with Gasteiger partial charge in [0, 0.05) is 49.8 Å². The number of hydrogen-bond acceptors (Lipinski definition) is 10. The quantitative estimate of drug-likeness (QED) is 0.259. The molecular formula is C30H31FN8O4. The molecule has 0 atom stereocenters. The summed E-state index contributed by atoms with van der Waals surface area (Å²) >= 11 is 0. The molecule has 1 amide bonds. The molecule has 0 spiro atoms. The van der Waals surface area contributed by atoms with E-state index in [1.165, 1.54) is 12.7 Å². The fourth-order valence-corrected chi connectivity index (χ4v) is 4.72. The summed E-state index contributed by atoms with van der Waals surface area (Å²) in [6.45, 7) is 8.23. The average Bonchev–Trinajstić information content (AvgIpc) is 3.45. The molecule has 222 valence electrons. The number of amides is 1. The van der Waals surface area contributed by atoms with Gasteiger partial charge < -0.3 is 24.4 Å². The van der Waals surface area contributed by atoms with Crippen LogP contribution in [0.15, 0.2) is 55.2 Å². The first-order chi connectivity index (χ1) is 20.6. The first-order valence-corrected chi connectivity index (χ1v) is 13.9. The molecular weight excluding hydrogens is 555 g/mol. The molecule has 1 aliphatic rings. The van der Waals surface area contributed by atoms with Crippen molar-refractivity contribution in [3.05, 3.63) is 66.6 Å². The van der Waals surface area contributed by atoms with Gasteiger partial charge in [0.15, 0.2) is 17.3 Å². The molecule has 1 saturated heterocycles. The van der Waals surface area contributed by atoms with E-state index in [2.05, 4.69) is 30.4 Å². The van der Waals surface area contributed by atoms with Crippen LogP contribution in [0.1, 0.15) is 39.2 Å². The molecule has 43 heavy (non-hydrogen) atoms. The van der Waals surface area contributed by atoms with E-state index in [9.17, 15) is 4.79 Å². The van der Waals surface area contributed by atoms with Crippen LogP contribution in [-0.4, -0.2) is 65.3 Å². The van der Waals surface area contributed by atoms with Crippen LogP contribution < -0.4 is 14.8 Å². The molecule has 5 heterocycles. The monoisotopic (exact) mass is 586 g/mol. The van der Waals surface area contributed by atoms with Crippen LogP contribution >= 0.6 is 0 Å². The van der Waals surface area contributed by atoms with Crippen molar-refractivity contribution in [3.8, 4) is 17.4 Å². The molecule has 12 nitrogen and oxygen atoms in total. The lowest BCUT2D eigenvalue weighted by molar-refractivity contribution is 0.0123. The van der Waals surface area contributed by atoms with E-state index in [-0.39, 0.29) is 17.9 Å². The summed E-state index contributed by atoms with van der Waals surface area (Å²) in [6.07, 6.45) is 5.39. The highest BCUT2D eigenvalue weighted by Crippen LogP contribution is 2.33. The maximum atomic E-state index is 15.5. The van der Waals surface area contributed by atoms with Crippen LogP contribution in [0.5, 0.6) is 17.4 Å². The van der Waals surface area contributed by atoms with E-state index >= 15 is 4.39 Å². The number of hydrogen-bond donors (Lipinski definition) is 1. The SMILES string of the molecule is Cc1c(Oc2ccn3ncnc3c2)ccc(Nc2ncnc3ccc(OC4CCN(C(=O)OC(C)(C)C)CC4)nc23)c1F. The summed E-state index contributed by atoms with van der Waals surface area (Å²) in [5, 5.41) is 7.12. The molecule has 1 N–H and O–H groups in total. The molecule has 0 aliphatic carbocycles. The normalized spacial score (nSPS) is 14.2. The maximum Gasteiger partial charge on any atom is 0.410 e. The van der Waals surface area contributed by atoms with Crippen LogP contribution in [0.3, 0.4) is 0 Å². The van der Waals surface area contributed by atoms with E-state index in [1.54, 1.807) is 58.9 Å². The van der Waals surface area contributed by atoms with Crippen molar-refractivity contribution in [1.82, 2.24) is 34.4 Å². The third kappa shape index (κ3) is 6.25. The molecule has 13 heteroatoms. The van der Waals surface area contributed by atoms with Gasteiger partial charge in [0.05, 0.1) is 11.2 Å². The van der Waals surface area contributed by atoms with Gasteiger partial charge in [-0.05, 0) is 52.0 Å². The van der Waals surface area contributed by atoms with E-state index < -0.39 is 11.4 Å². The Morgan fingerprint density at radius 3 is 2.65 bits per heavy atom. The number of ether oxygens (including phenoxy) is 3. The minimum absolute atomic E-state index is 0.122. The fourth-order valence-electron chi connectivity index (χ4n) is 4.72. The smallest absolute Gasteiger partial charge is 0.410 e. The highest BCUT2D eigenvalue weighted by Gasteiger charge is 2.28. The number of carbonyl (C=O) groups is 1. The summed E-state index contributed by atoms with van der Waals surface area (Å²) in [5.41, 5.74) is 1.61. The van der Waals surface area contributed by atoms with Crippen LogP contribution in [0.2, 0.25) is 0 Å². The second kappa shape index (κ2) is 11.3. The number of anilines is 2. The van der Waals surface area contributed by atoms with Crippen molar-refractivity contribution in [3.63, 3.8) is 0 Å². The Kier molecular flexibility index (Phi) is 7.38. The Bertz CT molecular complexity index is 1800. The zero-order valence-corrected chi connectivity index (χ0v) is 24.2. The number of halogens is 1. The average molecular weight is 587 g/mol. The lowest BCUT2D eigenvalue weighted by Gasteiger charge is -2.33. The fraction of sp³-hybridized carbons (Fsp3) is 0.333. The van der Waals surface area contributed by atoms with Gasteiger partial charge in [0.1, 0.15) is 41.4 Å². The molecule has 1 aliphatic heterocycles. The zero-order chi connectivity index (χ0) is 30.1. The third-order valence-corrected chi connectivity index (χ3v) is 6.91. The number of nitrogens with one attached hydrogen (secondary N) is 1. The molecule has 1 fully saturated rings. The molecule has 0 radical (unpaired) electrons. The lowest BCUT2D eigenvalue weighted by Crippen LogP contribution is -2.44. The second-order valence-corrected chi connectivity index (χ2v) is 11.2. The van der Waals surface area contributed by atoms with Gasteiger partial charge in [-0.1, -0.05) is 0 Å². The molecule has 0 bridgehead atoms. The Hall–Kier alpha value is -5.07. The lowest BCUT2D eigenvalue weighted by atomic mass is 10.1. The van der Waals surface area contributed by atoms with Crippen molar-refractivity contribution >= 4 is 34.3 Å². The van der Waals surface area contributed by atoms with Crippen molar-refractivity contribution < 1.29 is 23.4 Å². The van der Waals surface area contributed by atoms with E-state index in [0.29, 0.717) is 71.4 Å². The van der Waals surface area contributed by atoms with Gasteiger partial charge in [-0.3, -0.25) is 0 Å². The van der Waals surface area contributed by atoms with E-state index in [4.69, 9.17) is 14.2 Å². The number of nitrogens with zero attached hydrogens (tertiary/aromatic N) is 7. The van der Waals surface area contributed by atoms with Gasteiger partial charge in [0.25, 0.3) is 0 Å². The number of piperidine rings is 1. The molecule has 6 rings (SSSR count). The van der Waals surface area contributed by atoms with Crippen molar-refractivity contribution in [2.75, 3.05) is 18.4 Å².